The average Bonchev–Trinajstić information content (AvgIpc) is 2.41. The maximum Gasteiger partial charge on any atom is 0.441 e. The molecule has 0 aliphatic carbocycles. The Bertz CT molecular complexity index is 540. The van der Waals surface area contributed by atoms with Gasteiger partial charge >= 0.3 is 6.18 Å². The van der Waals surface area contributed by atoms with Crippen LogP contribution in [0, 0.1) is 23.7 Å². The van der Waals surface area contributed by atoms with E-state index in [1.165, 1.54) is 0 Å². The molecule has 0 radical (unpaired) electrons. The van der Waals surface area contributed by atoms with E-state index in [2.05, 4.69) is 11.8 Å². The molecule has 0 spiro atoms. The third kappa shape index (κ3) is 4.64. The fourth-order valence-corrected chi connectivity index (χ4v) is 1.31. The van der Waals surface area contributed by atoms with E-state index in [-0.39, 0.29) is 0 Å². The largest absolute Gasteiger partial charge is 0.441 e. The first-order chi connectivity index (χ1) is 9.39. The monoisotopic (exact) mass is 280 g/mol. The lowest BCUT2D eigenvalue weighted by atomic mass is 10.0. The predicted octanol–water partition coefficient (Wildman–Crippen LogP) is 3.53. The van der Waals surface area contributed by atoms with Crippen molar-refractivity contribution in [1.29, 1.82) is 0 Å². The second kappa shape index (κ2) is 7.03. The van der Waals surface area contributed by atoms with Crippen molar-refractivity contribution < 1.29 is 18.3 Å². The predicted molar refractivity (Wildman–Crippen MR) is 71.6 cm³/mol. The molecular weight excluding hydrogens is 265 g/mol. The van der Waals surface area contributed by atoms with Crippen LogP contribution < -0.4 is 0 Å². The van der Waals surface area contributed by atoms with E-state index >= 15 is 0 Å². The quantitative estimate of drug-likeness (QED) is 0.649. The van der Waals surface area contributed by atoms with Crippen molar-refractivity contribution in [3.05, 3.63) is 35.9 Å². The molecule has 1 rings (SSSR count). The Morgan fingerprint density at radius 1 is 1.10 bits per heavy atom. The SMILES string of the molecule is CCCCC#CC(O)(C#Cc1ccccc1)C(F)(F)F. The molecule has 1 N–H and O–H groups in total. The average molecular weight is 280 g/mol. The first kappa shape index (κ1) is 16.1. The zero-order valence-electron chi connectivity index (χ0n) is 11.1. The van der Waals surface area contributed by atoms with Crippen molar-refractivity contribution in [1.82, 2.24) is 0 Å². The fourth-order valence-electron chi connectivity index (χ4n) is 1.31. The first-order valence-corrected chi connectivity index (χ1v) is 6.26. The third-order valence-electron chi connectivity index (χ3n) is 2.50. The highest BCUT2D eigenvalue weighted by atomic mass is 19.4. The Hall–Kier alpha value is -1.91. The molecule has 1 atom stereocenters. The highest BCUT2D eigenvalue weighted by Gasteiger charge is 2.52. The van der Waals surface area contributed by atoms with Gasteiger partial charge in [0.15, 0.2) is 0 Å². The summed E-state index contributed by atoms with van der Waals surface area (Å²) in [6.45, 7) is 1.91. The summed E-state index contributed by atoms with van der Waals surface area (Å²) in [6, 6.07) is 8.17. The fraction of sp³-hybridized carbons (Fsp3) is 0.375. The Balaban J connectivity index is 3.01. The van der Waals surface area contributed by atoms with Crippen LogP contribution in [-0.2, 0) is 0 Å². The van der Waals surface area contributed by atoms with Gasteiger partial charge in [0, 0.05) is 12.0 Å². The molecule has 0 aliphatic heterocycles. The van der Waals surface area contributed by atoms with Gasteiger partial charge in [0.25, 0.3) is 5.60 Å². The van der Waals surface area contributed by atoms with Crippen molar-refractivity contribution in [2.24, 2.45) is 0 Å². The molecule has 0 aromatic heterocycles. The highest BCUT2D eigenvalue weighted by Crippen LogP contribution is 2.29. The van der Waals surface area contributed by atoms with Crippen molar-refractivity contribution in [3.8, 4) is 23.7 Å². The van der Waals surface area contributed by atoms with Gasteiger partial charge in [-0.15, -0.1) is 0 Å². The molecule has 106 valence electrons. The van der Waals surface area contributed by atoms with Gasteiger partial charge in [0.1, 0.15) is 0 Å². The molecular formula is C16H15F3O. The molecule has 0 saturated carbocycles. The lowest BCUT2D eigenvalue weighted by Crippen LogP contribution is -2.42. The summed E-state index contributed by atoms with van der Waals surface area (Å²) in [7, 11) is 0. The van der Waals surface area contributed by atoms with Crippen LogP contribution in [0.4, 0.5) is 13.2 Å². The van der Waals surface area contributed by atoms with Crippen LogP contribution in [0.25, 0.3) is 0 Å². The molecule has 4 heteroatoms. The van der Waals surface area contributed by atoms with Crippen LogP contribution in [0.15, 0.2) is 30.3 Å². The first-order valence-electron chi connectivity index (χ1n) is 6.26. The zero-order valence-corrected chi connectivity index (χ0v) is 11.1. The van der Waals surface area contributed by atoms with Gasteiger partial charge in [0.05, 0.1) is 0 Å². The second-order valence-corrected chi connectivity index (χ2v) is 4.23. The van der Waals surface area contributed by atoms with Crippen LogP contribution in [0.2, 0.25) is 0 Å². The Labute approximate surface area is 116 Å². The van der Waals surface area contributed by atoms with E-state index in [1.807, 2.05) is 18.8 Å². The van der Waals surface area contributed by atoms with E-state index in [9.17, 15) is 18.3 Å². The van der Waals surface area contributed by atoms with Gasteiger partial charge in [-0.25, -0.2) is 0 Å². The Morgan fingerprint density at radius 3 is 2.30 bits per heavy atom. The lowest BCUT2D eigenvalue weighted by molar-refractivity contribution is -0.212. The number of rotatable bonds is 2. The number of halogens is 3. The highest BCUT2D eigenvalue weighted by molar-refractivity contribution is 5.41. The third-order valence-corrected chi connectivity index (χ3v) is 2.50. The molecule has 1 nitrogen and oxygen atoms in total. The molecule has 0 saturated heterocycles. The van der Waals surface area contributed by atoms with E-state index in [4.69, 9.17) is 0 Å². The van der Waals surface area contributed by atoms with Crippen LogP contribution in [0.1, 0.15) is 31.7 Å². The van der Waals surface area contributed by atoms with Crippen LogP contribution in [-0.4, -0.2) is 16.9 Å². The minimum atomic E-state index is -4.91. The standard InChI is InChI=1S/C16H15F3O/c1-2-3-4-8-12-15(20,16(17,18)19)13-11-14-9-6-5-7-10-14/h5-7,9-10,20H,2-4H2,1H3. The molecule has 1 unspecified atom stereocenters. The Morgan fingerprint density at radius 2 is 1.75 bits per heavy atom. The minimum absolute atomic E-state index is 0.307. The van der Waals surface area contributed by atoms with E-state index < -0.39 is 11.8 Å². The maximum absolute atomic E-state index is 12.9. The maximum atomic E-state index is 12.9. The van der Waals surface area contributed by atoms with Gasteiger partial charge in [-0.3, -0.25) is 0 Å². The van der Waals surface area contributed by atoms with E-state index in [1.54, 1.807) is 30.3 Å². The molecule has 0 heterocycles. The molecule has 0 aliphatic rings. The van der Waals surface area contributed by atoms with Crippen LogP contribution in [0.5, 0.6) is 0 Å². The normalized spacial score (nSPS) is 13.4. The van der Waals surface area contributed by atoms with Gasteiger partial charge < -0.3 is 5.11 Å². The van der Waals surface area contributed by atoms with Crippen molar-refractivity contribution in [2.45, 2.75) is 38.0 Å². The minimum Gasteiger partial charge on any atom is -0.360 e. The van der Waals surface area contributed by atoms with Gasteiger partial charge in [-0.2, -0.15) is 13.2 Å². The summed E-state index contributed by atoms with van der Waals surface area (Å²) < 4.78 is 38.6. The van der Waals surface area contributed by atoms with Crippen molar-refractivity contribution in [3.63, 3.8) is 0 Å². The van der Waals surface area contributed by atoms with Gasteiger partial charge in [0.2, 0.25) is 0 Å². The number of alkyl halides is 3. The summed E-state index contributed by atoms with van der Waals surface area (Å²) in [6.07, 6.45) is -3.09. The van der Waals surface area contributed by atoms with Gasteiger partial charge in [-0.1, -0.05) is 43.4 Å². The topological polar surface area (TPSA) is 20.2 Å². The number of benzene rings is 1. The smallest absolute Gasteiger partial charge is 0.360 e. The number of aliphatic hydroxyl groups is 1. The molecule has 0 bridgehead atoms. The summed E-state index contributed by atoms with van der Waals surface area (Å²) >= 11 is 0. The van der Waals surface area contributed by atoms with E-state index in [0.29, 0.717) is 18.4 Å². The molecule has 1 aromatic carbocycles. The number of hydrogen-bond acceptors (Lipinski definition) is 1. The Kier molecular flexibility index (Phi) is 5.67. The summed E-state index contributed by atoms with van der Waals surface area (Å²) in [5.41, 5.74) is -2.89. The summed E-state index contributed by atoms with van der Waals surface area (Å²) in [4.78, 5) is 0. The molecule has 1 aromatic rings. The molecule has 20 heavy (non-hydrogen) atoms. The number of hydrogen-bond donors (Lipinski definition) is 1. The van der Waals surface area contributed by atoms with Crippen molar-refractivity contribution >= 4 is 0 Å². The van der Waals surface area contributed by atoms with E-state index in [0.717, 1.165) is 6.42 Å². The summed E-state index contributed by atoms with van der Waals surface area (Å²) in [5, 5.41) is 9.64. The molecule has 0 fully saturated rings. The molecule has 0 amide bonds. The van der Waals surface area contributed by atoms with Crippen molar-refractivity contribution in [2.75, 3.05) is 0 Å². The zero-order chi connectivity index (χ0) is 15.1. The number of unbranched alkanes of at least 4 members (excludes halogenated alkanes) is 2. The second-order valence-electron chi connectivity index (χ2n) is 4.23. The van der Waals surface area contributed by atoms with Gasteiger partial charge in [-0.05, 0) is 30.4 Å². The van der Waals surface area contributed by atoms with Crippen LogP contribution in [0.3, 0.4) is 0 Å². The lowest BCUT2D eigenvalue weighted by Gasteiger charge is -2.18. The van der Waals surface area contributed by atoms with Crippen LogP contribution >= 0.6 is 0 Å². The summed E-state index contributed by atoms with van der Waals surface area (Å²) in [5.74, 6) is 8.34.